The molecule has 0 N–H and O–H groups in total. The van der Waals surface area contributed by atoms with Crippen LogP contribution in [0.2, 0.25) is 0 Å². The summed E-state index contributed by atoms with van der Waals surface area (Å²) in [5.41, 5.74) is 3.33. The van der Waals surface area contributed by atoms with Crippen LogP contribution in [0.1, 0.15) is 17.5 Å². The molecule has 1 fully saturated rings. The molecule has 3 aromatic rings. The Kier molecular flexibility index (Phi) is 7.17. The van der Waals surface area contributed by atoms with Crippen LogP contribution in [0.5, 0.6) is 5.75 Å². The predicted molar refractivity (Wildman–Crippen MR) is 125 cm³/mol. The molecule has 0 radical (unpaired) electrons. The highest BCUT2D eigenvalue weighted by atomic mass is 32.1. The Morgan fingerprint density at radius 2 is 1.97 bits per heavy atom. The van der Waals surface area contributed by atoms with Crippen LogP contribution in [0.25, 0.3) is 10.2 Å². The lowest BCUT2D eigenvalue weighted by molar-refractivity contribution is -0.120. The van der Waals surface area contributed by atoms with E-state index >= 15 is 0 Å². The van der Waals surface area contributed by atoms with Gasteiger partial charge in [0.25, 0.3) is 5.91 Å². The molecule has 1 aliphatic rings. The molecular formula is C24H29N3O3S. The lowest BCUT2D eigenvalue weighted by Crippen LogP contribution is -2.40. The lowest BCUT2D eigenvalue weighted by Gasteiger charge is -2.27. The number of para-hydroxylation sites is 1. The fourth-order valence-electron chi connectivity index (χ4n) is 3.82. The second-order valence-corrected chi connectivity index (χ2v) is 8.86. The second-order valence-electron chi connectivity index (χ2n) is 7.88. The fraction of sp³-hybridized carbons (Fsp3) is 0.417. The van der Waals surface area contributed by atoms with Crippen LogP contribution in [0.15, 0.2) is 42.5 Å². The van der Waals surface area contributed by atoms with Gasteiger partial charge in [-0.15, -0.1) is 0 Å². The van der Waals surface area contributed by atoms with Gasteiger partial charge in [0.1, 0.15) is 5.75 Å². The van der Waals surface area contributed by atoms with Gasteiger partial charge in [-0.2, -0.15) is 0 Å². The van der Waals surface area contributed by atoms with E-state index in [9.17, 15) is 4.79 Å². The van der Waals surface area contributed by atoms with E-state index in [0.29, 0.717) is 12.3 Å². The van der Waals surface area contributed by atoms with Gasteiger partial charge in [-0.25, -0.2) is 4.98 Å². The molecule has 31 heavy (non-hydrogen) atoms. The first-order valence-electron chi connectivity index (χ1n) is 10.8. The van der Waals surface area contributed by atoms with Crippen molar-refractivity contribution < 1.29 is 14.3 Å². The van der Waals surface area contributed by atoms with Crippen molar-refractivity contribution in [1.29, 1.82) is 0 Å². The fourth-order valence-corrected chi connectivity index (χ4v) is 4.88. The van der Waals surface area contributed by atoms with Crippen molar-refractivity contribution >= 4 is 32.6 Å². The largest absolute Gasteiger partial charge is 0.484 e. The molecule has 4 rings (SSSR count). The molecule has 0 aliphatic carbocycles. The third kappa shape index (κ3) is 5.61. The molecule has 6 nitrogen and oxygen atoms in total. The highest BCUT2D eigenvalue weighted by Gasteiger charge is 2.21. The number of hydrogen-bond donors (Lipinski definition) is 0. The molecule has 0 bridgehead atoms. The molecule has 1 aromatic heterocycles. The van der Waals surface area contributed by atoms with Gasteiger partial charge in [0.05, 0.1) is 23.4 Å². The maximum absolute atomic E-state index is 13.2. The van der Waals surface area contributed by atoms with Crippen molar-refractivity contribution in [1.82, 2.24) is 9.88 Å². The first-order valence-corrected chi connectivity index (χ1v) is 11.6. The average Bonchev–Trinajstić information content (AvgIpc) is 3.20. The van der Waals surface area contributed by atoms with Crippen LogP contribution in [0, 0.1) is 13.8 Å². The van der Waals surface area contributed by atoms with Crippen LogP contribution in [-0.4, -0.2) is 61.8 Å². The van der Waals surface area contributed by atoms with Gasteiger partial charge in [0.15, 0.2) is 11.7 Å². The van der Waals surface area contributed by atoms with E-state index in [1.165, 1.54) is 11.1 Å². The van der Waals surface area contributed by atoms with Crippen molar-refractivity contribution in [2.24, 2.45) is 0 Å². The number of aromatic nitrogens is 1. The minimum absolute atomic E-state index is 0.00446. The Morgan fingerprint density at radius 1 is 1.19 bits per heavy atom. The predicted octanol–water partition coefficient (Wildman–Crippen LogP) is 4.05. The summed E-state index contributed by atoms with van der Waals surface area (Å²) in [7, 11) is 0. The zero-order chi connectivity index (χ0) is 21.6. The van der Waals surface area contributed by atoms with Gasteiger partial charge >= 0.3 is 0 Å². The Balaban J connectivity index is 1.49. The van der Waals surface area contributed by atoms with Crippen LogP contribution in [-0.2, 0) is 9.53 Å². The monoisotopic (exact) mass is 439 g/mol. The first kappa shape index (κ1) is 21.7. The minimum atomic E-state index is -0.0701. The Morgan fingerprint density at radius 3 is 2.74 bits per heavy atom. The van der Waals surface area contributed by atoms with Gasteiger partial charge in [-0.3, -0.25) is 14.6 Å². The van der Waals surface area contributed by atoms with Gasteiger partial charge in [-0.1, -0.05) is 35.6 Å². The number of anilines is 1. The third-order valence-corrected chi connectivity index (χ3v) is 6.64. The Hall–Kier alpha value is -2.48. The average molecular weight is 440 g/mol. The number of aryl methyl sites for hydroxylation is 2. The summed E-state index contributed by atoms with van der Waals surface area (Å²) in [4.78, 5) is 22.2. The molecule has 1 saturated heterocycles. The summed E-state index contributed by atoms with van der Waals surface area (Å²) in [5, 5.41) is 0.743. The maximum atomic E-state index is 13.2. The van der Waals surface area contributed by atoms with Gasteiger partial charge in [0, 0.05) is 26.2 Å². The number of morpholine rings is 1. The van der Waals surface area contributed by atoms with Crippen LogP contribution in [0.3, 0.4) is 0 Å². The molecule has 0 spiro atoms. The Labute approximate surface area is 187 Å². The van der Waals surface area contributed by atoms with Gasteiger partial charge in [0.2, 0.25) is 0 Å². The van der Waals surface area contributed by atoms with Crippen LogP contribution in [0.4, 0.5) is 5.13 Å². The highest BCUT2D eigenvalue weighted by Crippen LogP contribution is 2.32. The topological polar surface area (TPSA) is 54.9 Å². The van der Waals surface area contributed by atoms with E-state index in [1.54, 1.807) is 16.2 Å². The Bertz CT molecular complexity index is 1020. The molecule has 0 unspecified atom stereocenters. The number of rotatable bonds is 8. The molecule has 2 aromatic carbocycles. The number of carbonyl (C=O) groups excluding carboxylic acids is 1. The van der Waals surface area contributed by atoms with E-state index in [0.717, 1.165) is 54.6 Å². The zero-order valence-electron chi connectivity index (χ0n) is 18.2. The number of fused-ring (bicyclic) bond motifs is 1. The van der Waals surface area contributed by atoms with E-state index in [1.807, 2.05) is 30.3 Å². The van der Waals surface area contributed by atoms with Crippen LogP contribution < -0.4 is 9.64 Å². The number of amides is 1. The molecule has 1 aliphatic heterocycles. The quantitative estimate of drug-likeness (QED) is 0.530. The standard InChI is InChI=1S/C24H29N3O3S/c1-18-15-19(2)23-21(16-18)25-24(31-23)27(10-6-9-26-11-13-29-14-12-26)22(28)17-30-20-7-4-3-5-8-20/h3-5,7-8,15-16H,6,9-14,17H2,1-2H3. The van der Waals surface area contributed by atoms with Crippen molar-refractivity contribution in [3.63, 3.8) is 0 Å². The summed E-state index contributed by atoms with van der Waals surface area (Å²) in [6, 6.07) is 13.7. The molecule has 2 heterocycles. The smallest absolute Gasteiger partial charge is 0.266 e. The number of carbonyl (C=O) groups is 1. The summed E-state index contributed by atoms with van der Waals surface area (Å²) in [6.45, 7) is 9.19. The molecule has 164 valence electrons. The highest BCUT2D eigenvalue weighted by molar-refractivity contribution is 7.22. The van der Waals surface area contributed by atoms with Crippen LogP contribution >= 0.6 is 11.3 Å². The summed E-state index contributed by atoms with van der Waals surface area (Å²) in [5.74, 6) is 0.624. The van der Waals surface area contributed by atoms with Crippen molar-refractivity contribution in [2.45, 2.75) is 20.3 Å². The van der Waals surface area contributed by atoms with Crippen molar-refractivity contribution in [3.8, 4) is 5.75 Å². The first-order chi connectivity index (χ1) is 15.1. The lowest BCUT2D eigenvalue weighted by atomic mass is 10.1. The normalized spacial score (nSPS) is 14.6. The SMILES string of the molecule is Cc1cc(C)c2sc(N(CCCN3CCOCC3)C(=O)COc3ccccc3)nc2c1. The van der Waals surface area contributed by atoms with Gasteiger partial charge in [-0.05, 0) is 49.6 Å². The third-order valence-electron chi connectivity index (χ3n) is 5.41. The number of thiazole rings is 1. The molecule has 7 heteroatoms. The van der Waals surface area contributed by atoms with E-state index < -0.39 is 0 Å². The molecule has 0 saturated carbocycles. The molecule has 1 amide bonds. The minimum Gasteiger partial charge on any atom is -0.484 e. The van der Waals surface area contributed by atoms with Gasteiger partial charge < -0.3 is 9.47 Å². The van der Waals surface area contributed by atoms with E-state index in [4.69, 9.17) is 14.5 Å². The second kappa shape index (κ2) is 10.2. The summed E-state index contributed by atoms with van der Waals surface area (Å²) >= 11 is 1.58. The maximum Gasteiger partial charge on any atom is 0.266 e. The summed E-state index contributed by atoms with van der Waals surface area (Å²) in [6.07, 6.45) is 0.880. The van der Waals surface area contributed by atoms with Crippen molar-refractivity contribution in [2.75, 3.05) is 50.9 Å². The number of benzene rings is 2. The number of hydrogen-bond acceptors (Lipinski definition) is 6. The number of ether oxygens (including phenoxy) is 2. The molecule has 0 atom stereocenters. The zero-order valence-corrected chi connectivity index (χ0v) is 19.0. The van der Waals surface area contributed by atoms with Crippen molar-refractivity contribution in [3.05, 3.63) is 53.6 Å². The molecular weight excluding hydrogens is 410 g/mol. The van der Waals surface area contributed by atoms with E-state index in [-0.39, 0.29) is 12.5 Å². The number of nitrogens with zero attached hydrogens (tertiary/aromatic N) is 3. The summed E-state index contributed by atoms with van der Waals surface area (Å²) < 4.78 is 12.3. The van der Waals surface area contributed by atoms with E-state index in [2.05, 4.69) is 30.9 Å².